The Hall–Kier alpha value is -2.47. The van der Waals surface area contributed by atoms with Crippen LogP contribution in [0.1, 0.15) is 46.2 Å². The normalized spacial score (nSPS) is 10.5. The predicted molar refractivity (Wildman–Crippen MR) is 84.0 cm³/mol. The largest absolute Gasteiger partial charge is 0.365 e. The summed E-state index contributed by atoms with van der Waals surface area (Å²) in [4.78, 5) is 31.6. The number of pyridine rings is 2. The van der Waals surface area contributed by atoms with Crippen molar-refractivity contribution in [3.05, 3.63) is 52.6 Å². The van der Waals surface area contributed by atoms with E-state index < -0.39 is 11.8 Å². The topological polar surface area (TPSA) is 98.0 Å². The van der Waals surface area contributed by atoms with E-state index >= 15 is 0 Å². The fourth-order valence-corrected chi connectivity index (χ4v) is 2.10. The molecule has 2 heterocycles. The number of carbonyl (C=O) groups is 2. The van der Waals surface area contributed by atoms with E-state index in [1.54, 1.807) is 12.1 Å². The van der Waals surface area contributed by atoms with Crippen molar-refractivity contribution in [3.8, 4) is 0 Å². The highest BCUT2D eigenvalue weighted by Crippen LogP contribution is 2.22. The summed E-state index contributed by atoms with van der Waals surface area (Å²) in [6, 6.07) is 4.91. The molecule has 0 aliphatic heterocycles. The minimum Gasteiger partial charge on any atom is -0.365 e. The van der Waals surface area contributed by atoms with E-state index in [9.17, 15) is 9.59 Å². The molecule has 0 saturated heterocycles. The molecule has 0 aromatic carbocycles. The first-order valence-electron chi connectivity index (χ1n) is 6.61. The molecule has 22 heavy (non-hydrogen) atoms. The molecule has 2 aromatic rings. The first-order valence-corrected chi connectivity index (χ1v) is 6.99. The Morgan fingerprint density at radius 3 is 2.50 bits per heavy atom. The first-order chi connectivity index (χ1) is 10.4. The van der Waals surface area contributed by atoms with Crippen LogP contribution in [0, 0.1) is 0 Å². The summed E-state index contributed by atoms with van der Waals surface area (Å²) < 4.78 is 0. The van der Waals surface area contributed by atoms with Crippen LogP contribution in [0.25, 0.3) is 0 Å². The molecule has 0 fully saturated rings. The van der Waals surface area contributed by atoms with Gasteiger partial charge in [-0.2, -0.15) is 0 Å². The van der Waals surface area contributed by atoms with Gasteiger partial charge >= 0.3 is 0 Å². The number of amides is 2. The van der Waals surface area contributed by atoms with Gasteiger partial charge in [0.2, 0.25) is 0 Å². The molecule has 2 amide bonds. The lowest BCUT2D eigenvalue weighted by Gasteiger charge is -2.10. The van der Waals surface area contributed by atoms with Gasteiger partial charge < -0.3 is 11.1 Å². The van der Waals surface area contributed by atoms with Gasteiger partial charge in [0, 0.05) is 18.1 Å². The maximum absolute atomic E-state index is 12.2. The van der Waals surface area contributed by atoms with Crippen LogP contribution in [0.15, 0.2) is 30.6 Å². The Morgan fingerprint density at radius 1 is 1.23 bits per heavy atom. The number of carbonyl (C=O) groups excluding carboxylic acids is 2. The molecule has 0 atom stereocenters. The SMILES string of the molecule is CC(C)c1ccc(C(=O)Nc2ccnc(Cl)c2C(N)=O)cn1. The third-order valence-electron chi connectivity index (χ3n) is 3.04. The number of rotatable bonds is 4. The number of nitrogens with zero attached hydrogens (tertiary/aromatic N) is 2. The third-order valence-corrected chi connectivity index (χ3v) is 3.33. The number of halogens is 1. The number of anilines is 1. The van der Waals surface area contributed by atoms with E-state index in [0.717, 1.165) is 5.69 Å². The molecule has 0 bridgehead atoms. The van der Waals surface area contributed by atoms with E-state index in [0.29, 0.717) is 5.56 Å². The summed E-state index contributed by atoms with van der Waals surface area (Å²) in [5.74, 6) is -0.896. The van der Waals surface area contributed by atoms with Crippen molar-refractivity contribution in [1.29, 1.82) is 0 Å². The molecule has 2 aromatic heterocycles. The second-order valence-corrected chi connectivity index (χ2v) is 5.33. The number of nitrogens with one attached hydrogen (secondary N) is 1. The van der Waals surface area contributed by atoms with E-state index in [1.807, 2.05) is 13.8 Å². The minimum atomic E-state index is -0.762. The Kier molecular flexibility index (Phi) is 4.72. The highest BCUT2D eigenvalue weighted by atomic mass is 35.5. The molecule has 7 heteroatoms. The van der Waals surface area contributed by atoms with Gasteiger partial charge in [-0.1, -0.05) is 25.4 Å². The smallest absolute Gasteiger partial charge is 0.257 e. The lowest BCUT2D eigenvalue weighted by molar-refractivity contribution is 0.100. The Morgan fingerprint density at radius 2 is 1.95 bits per heavy atom. The summed E-state index contributed by atoms with van der Waals surface area (Å²) in [5, 5.41) is 2.54. The van der Waals surface area contributed by atoms with Crippen LogP contribution in [-0.2, 0) is 0 Å². The standard InChI is InChI=1S/C15H15ClN4O2/c1-8(2)10-4-3-9(7-19-10)15(22)20-11-5-6-18-13(16)12(11)14(17)21/h3-8H,1-2H3,(H2,17,21)(H,18,20,22). The van der Waals surface area contributed by atoms with E-state index in [2.05, 4.69) is 15.3 Å². The van der Waals surface area contributed by atoms with Crippen molar-refractivity contribution in [2.24, 2.45) is 5.73 Å². The minimum absolute atomic E-state index is 0.0238. The van der Waals surface area contributed by atoms with Crippen molar-refractivity contribution in [2.75, 3.05) is 5.32 Å². The molecular formula is C15H15ClN4O2. The van der Waals surface area contributed by atoms with Crippen LogP contribution in [0.2, 0.25) is 5.15 Å². The van der Waals surface area contributed by atoms with Crippen molar-refractivity contribution in [2.45, 2.75) is 19.8 Å². The first kappa shape index (κ1) is 15.9. The van der Waals surface area contributed by atoms with Crippen LogP contribution in [0.3, 0.4) is 0 Å². The number of hydrogen-bond acceptors (Lipinski definition) is 4. The maximum Gasteiger partial charge on any atom is 0.257 e. The lowest BCUT2D eigenvalue weighted by atomic mass is 10.1. The second kappa shape index (κ2) is 6.53. The lowest BCUT2D eigenvalue weighted by Crippen LogP contribution is -2.19. The average molecular weight is 319 g/mol. The Bertz CT molecular complexity index is 714. The van der Waals surface area contributed by atoms with Gasteiger partial charge in [-0.05, 0) is 24.1 Å². The molecule has 0 unspecified atom stereocenters. The van der Waals surface area contributed by atoms with E-state index in [-0.39, 0.29) is 22.3 Å². The monoisotopic (exact) mass is 318 g/mol. The second-order valence-electron chi connectivity index (χ2n) is 4.97. The van der Waals surface area contributed by atoms with Gasteiger partial charge in [-0.15, -0.1) is 0 Å². The van der Waals surface area contributed by atoms with E-state index in [1.165, 1.54) is 18.5 Å². The quantitative estimate of drug-likeness (QED) is 0.846. The summed E-state index contributed by atoms with van der Waals surface area (Å²) in [7, 11) is 0. The van der Waals surface area contributed by atoms with E-state index in [4.69, 9.17) is 17.3 Å². The molecular weight excluding hydrogens is 304 g/mol. The van der Waals surface area contributed by atoms with Crippen LogP contribution >= 0.6 is 11.6 Å². The molecule has 0 aliphatic carbocycles. The van der Waals surface area contributed by atoms with Crippen LogP contribution in [0.5, 0.6) is 0 Å². The van der Waals surface area contributed by atoms with Gasteiger partial charge in [0.15, 0.2) is 0 Å². The summed E-state index contributed by atoms with van der Waals surface area (Å²) in [6.07, 6.45) is 2.86. The molecule has 0 radical (unpaired) electrons. The molecule has 3 N–H and O–H groups in total. The molecule has 2 rings (SSSR count). The van der Waals surface area contributed by atoms with Gasteiger partial charge in [0.25, 0.3) is 11.8 Å². The summed E-state index contributed by atoms with van der Waals surface area (Å²) in [5.41, 5.74) is 6.70. The zero-order valence-electron chi connectivity index (χ0n) is 12.1. The maximum atomic E-state index is 12.2. The van der Waals surface area contributed by atoms with Crippen molar-refractivity contribution in [3.63, 3.8) is 0 Å². The molecule has 0 saturated carbocycles. The van der Waals surface area contributed by atoms with Gasteiger partial charge in [-0.25, -0.2) is 4.98 Å². The van der Waals surface area contributed by atoms with Crippen molar-refractivity contribution in [1.82, 2.24) is 9.97 Å². The number of primary amides is 1. The van der Waals surface area contributed by atoms with Crippen molar-refractivity contribution < 1.29 is 9.59 Å². The van der Waals surface area contributed by atoms with Gasteiger partial charge in [-0.3, -0.25) is 14.6 Å². The van der Waals surface area contributed by atoms with Crippen LogP contribution in [0.4, 0.5) is 5.69 Å². The number of aromatic nitrogens is 2. The highest BCUT2D eigenvalue weighted by molar-refractivity contribution is 6.33. The number of nitrogens with two attached hydrogens (primary N) is 1. The van der Waals surface area contributed by atoms with Crippen LogP contribution < -0.4 is 11.1 Å². The van der Waals surface area contributed by atoms with Gasteiger partial charge in [0.1, 0.15) is 5.15 Å². The predicted octanol–water partition coefficient (Wildman–Crippen LogP) is 2.60. The Labute approximate surface area is 132 Å². The summed E-state index contributed by atoms with van der Waals surface area (Å²) >= 11 is 5.83. The molecule has 0 aliphatic rings. The van der Waals surface area contributed by atoms with Crippen molar-refractivity contribution >= 4 is 29.1 Å². The van der Waals surface area contributed by atoms with Crippen LogP contribution in [-0.4, -0.2) is 21.8 Å². The molecule has 114 valence electrons. The number of hydrogen-bond donors (Lipinski definition) is 2. The molecule has 0 spiro atoms. The molecule has 6 nitrogen and oxygen atoms in total. The zero-order valence-corrected chi connectivity index (χ0v) is 12.9. The summed E-state index contributed by atoms with van der Waals surface area (Å²) in [6.45, 7) is 4.03. The third kappa shape index (κ3) is 3.40. The van der Waals surface area contributed by atoms with Gasteiger partial charge in [0.05, 0.1) is 16.8 Å². The average Bonchev–Trinajstić information content (AvgIpc) is 2.47. The fraction of sp³-hybridized carbons (Fsp3) is 0.200. The zero-order chi connectivity index (χ0) is 16.3. The highest BCUT2D eigenvalue weighted by Gasteiger charge is 2.16. The fourth-order valence-electron chi connectivity index (χ4n) is 1.85. The Balaban J connectivity index is 2.26.